The van der Waals surface area contributed by atoms with Crippen molar-refractivity contribution in [2.24, 2.45) is 0 Å². The van der Waals surface area contributed by atoms with Crippen molar-refractivity contribution in [3.63, 3.8) is 0 Å². The number of benzene rings is 2. The molecule has 0 radical (unpaired) electrons. The molecule has 0 spiro atoms. The van der Waals surface area contributed by atoms with E-state index in [1.54, 1.807) is 12.1 Å². The van der Waals surface area contributed by atoms with E-state index in [-0.39, 0.29) is 16.6 Å². The molecule has 0 aliphatic carbocycles. The van der Waals surface area contributed by atoms with Crippen LogP contribution in [0.2, 0.25) is 0 Å². The Morgan fingerprint density at radius 3 is 2.52 bits per heavy atom. The molecule has 0 aliphatic heterocycles. The second-order valence-corrected chi connectivity index (χ2v) is 11.0. The van der Waals surface area contributed by atoms with E-state index < -0.39 is 22.0 Å². The maximum Gasteiger partial charge on any atom is 0.249 e. The number of nitrogens with one attached hydrogen (secondary N) is 1. The molecule has 1 atom stereocenters. The first-order valence-electron chi connectivity index (χ1n) is 9.75. The van der Waals surface area contributed by atoms with Crippen molar-refractivity contribution in [2.75, 3.05) is 30.1 Å². The first-order valence-corrected chi connectivity index (χ1v) is 13.4. The van der Waals surface area contributed by atoms with Crippen LogP contribution in [0.1, 0.15) is 12.5 Å². The van der Waals surface area contributed by atoms with Gasteiger partial charge in [0.25, 0.3) is 0 Å². The number of aromatic nitrogens is 2. The molecule has 1 heterocycles. The summed E-state index contributed by atoms with van der Waals surface area (Å²) in [5.74, 6) is 0.880. The Kier molecular flexibility index (Phi) is 8.16. The minimum Gasteiger partial charge on any atom is -0.497 e. The van der Waals surface area contributed by atoms with Crippen molar-refractivity contribution in [1.82, 2.24) is 10.2 Å². The molecule has 1 amide bonds. The topological polar surface area (TPSA) is 111 Å². The van der Waals surface area contributed by atoms with Gasteiger partial charge in [-0.05, 0) is 24.6 Å². The highest BCUT2D eigenvalue weighted by Crippen LogP contribution is 2.35. The number of thioether (sulfide) groups is 1. The quantitative estimate of drug-likeness (QED) is 0.326. The summed E-state index contributed by atoms with van der Waals surface area (Å²) in [7, 11) is -0.955. The van der Waals surface area contributed by atoms with E-state index in [0.29, 0.717) is 10.1 Å². The Morgan fingerprint density at radius 1 is 1.15 bits per heavy atom. The van der Waals surface area contributed by atoms with Crippen molar-refractivity contribution in [3.8, 4) is 11.5 Å². The Labute approximate surface area is 201 Å². The zero-order chi connectivity index (χ0) is 24.0. The second-order valence-electron chi connectivity index (χ2n) is 6.91. The summed E-state index contributed by atoms with van der Waals surface area (Å²) in [6.07, 6.45) is 1.03. The van der Waals surface area contributed by atoms with Gasteiger partial charge in [0.1, 0.15) is 17.5 Å². The Balaban J connectivity index is 1.76. The Morgan fingerprint density at radius 2 is 1.88 bits per heavy atom. The van der Waals surface area contributed by atoms with Gasteiger partial charge in [0.05, 0.1) is 26.2 Å². The lowest BCUT2D eigenvalue weighted by atomic mass is 10.2. The normalized spacial score (nSPS) is 12.1. The predicted octanol–water partition coefficient (Wildman–Crippen LogP) is 3.64. The molecule has 0 unspecified atom stereocenters. The minimum atomic E-state index is -3.85. The molecular weight excluding hydrogens is 484 g/mol. The number of methoxy groups -OCH3 is 2. The molecule has 0 saturated heterocycles. The third kappa shape index (κ3) is 6.36. The summed E-state index contributed by atoms with van der Waals surface area (Å²) in [6.45, 7) is 1.49. The van der Waals surface area contributed by atoms with Crippen molar-refractivity contribution in [3.05, 3.63) is 54.1 Å². The molecule has 0 saturated carbocycles. The third-order valence-electron chi connectivity index (χ3n) is 4.55. The van der Waals surface area contributed by atoms with Gasteiger partial charge in [0.2, 0.25) is 21.1 Å². The molecule has 1 N–H and O–H groups in total. The highest BCUT2D eigenvalue weighted by Gasteiger charge is 2.32. The number of carbonyl (C=O) groups is 1. The van der Waals surface area contributed by atoms with Gasteiger partial charge in [-0.3, -0.25) is 14.4 Å². The SMILES string of the molecule is COc1ccc(OC)c(N([C@H](C)C(=O)Nc2nnc(SCc3ccccc3)s2)S(C)(=O)=O)c1. The summed E-state index contributed by atoms with van der Waals surface area (Å²) in [6, 6.07) is 13.6. The van der Waals surface area contributed by atoms with Crippen LogP contribution >= 0.6 is 23.1 Å². The molecule has 9 nitrogen and oxygen atoms in total. The van der Waals surface area contributed by atoms with Crippen molar-refractivity contribution >= 4 is 49.8 Å². The van der Waals surface area contributed by atoms with Gasteiger partial charge in [0, 0.05) is 11.8 Å². The van der Waals surface area contributed by atoms with E-state index in [0.717, 1.165) is 21.9 Å². The summed E-state index contributed by atoms with van der Waals surface area (Å²) in [5, 5.41) is 11.1. The molecule has 0 aliphatic rings. The van der Waals surface area contributed by atoms with Gasteiger partial charge < -0.3 is 9.47 Å². The highest BCUT2D eigenvalue weighted by molar-refractivity contribution is 8.00. The lowest BCUT2D eigenvalue weighted by Gasteiger charge is -2.29. The molecular formula is C21H24N4O5S3. The van der Waals surface area contributed by atoms with Crippen molar-refractivity contribution in [1.29, 1.82) is 0 Å². The summed E-state index contributed by atoms with van der Waals surface area (Å²) in [5.41, 5.74) is 1.34. The summed E-state index contributed by atoms with van der Waals surface area (Å²) in [4.78, 5) is 13.0. The number of amides is 1. The number of hydrogen-bond acceptors (Lipinski definition) is 9. The fraction of sp³-hybridized carbons (Fsp3) is 0.286. The van der Waals surface area contributed by atoms with E-state index in [9.17, 15) is 13.2 Å². The zero-order valence-corrected chi connectivity index (χ0v) is 21.0. The lowest BCUT2D eigenvalue weighted by molar-refractivity contribution is -0.116. The molecule has 0 bridgehead atoms. The van der Waals surface area contributed by atoms with Gasteiger partial charge >= 0.3 is 0 Å². The maximum absolute atomic E-state index is 13.0. The number of sulfonamides is 1. The fourth-order valence-electron chi connectivity index (χ4n) is 3.00. The molecule has 176 valence electrons. The summed E-state index contributed by atoms with van der Waals surface area (Å²) >= 11 is 2.73. The fourth-order valence-corrected chi connectivity index (χ4v) is 5.88. The molecule has 3 aromatic rings. The first-order chi connectivity index (χ1) is 15.7. The summed E-state index contributed by atoms with van der Waals surface area (Å²) < 4.78 is 37.5. The number of ether oxygens (including phenoxy) is 2. The molecule has 0 fully saturated rings. The van der Waals surface area contributed by atoms with E-state index in [1.807, 2.05) is 30.3 Å². The van der Waals surface area contributed by atoms with Crippen molar-refractivity contribution in [2.45, 2.75) is 23.1 Å². The van der Waals surface area contributed by atoms with Crippen LogP contribution < -0.4 is 19.1 Å². The van der Waals surface area contributed by atoms with Gasteiger partial charge in [-0.2, -0.15) is 0 Å². The average molecular weight is 509 g/mol. The number of hydrogen-bond donors (Lipinski definition) is 1. The number of rotatable bonds is 10. The molecule has 2 aromatic carbocycles. The average Bonchev–Trinajstić information content (AvgIpc) is 3.24. The van der Waals surface area contributed by atoms with Crippen LogP contribution in [-0.4, -0.2) is 51.0 Å². The van der Waals surface area contributed by atoms with Crippen molar-refractivity contribution < 1.29 is 22.7 Å². The first kappa shape index (κ1) is 24.8. The van der Waals surface area contributed by atoms with Crippen LogP contribution in [0.5, 0.6) is 11.5 Å². The van der Waals surface area contributed by atoms with Crippen LogP contribution in [-0.2, 0) is 20.6 Å². The molecule has 12 heteroatoms. The smallest absolute Gasteiger partial charge is 0.249 e. The van der Waals surface area contributed by atoms with Crippen LogP contribution in [0.3, 0.4) is 0 Å². The largest absolute Gasteiger partial charge is 0.497 e. The standard InChI is InChI=1S/C21H24N4O5S3/c1-14(25(33(4,27)28)17-12-16(29-2)10-11-18(17)30-3)19(26)22-20-23-24-21(32-20)31-13-15-8-6-5-7-9-15/h5-12,14H,13H2,1-4H3,(H,22,23,26)/t14-/m1/s1. The zero-order valence-electron chi connectivity index (χ0n) is 18.5. The Bertz CT molecular complexity index is 1200. The molecule has 3 rings (SSSR count). The molecule has 33 heavy (non-hydrogen) atoms. The third-order valence-corrected chi connectivity index (χ3v) is 7.82. The van der Waals surface area contributed by atoms with Gasteiger partial charge in [-0.1, -0.05) is 53.4 Å². The van der Waals surface area contributed by atoms with Gasteiger partial charge in [-0.15, -0.1) is 10.2 Å². The van der Waals surface area contributed by atoms with E-state index >= 15 is 0 Å². The van der Waals surface area contributed by atoms with Crippen LogP contribution in [0.15, 0.2) is 52.9 Å². The second kappa shape index (κ2) is 10.9. The number of nitrogens with zero attached hydrogens (tertiary/aromatic N) is 3. The lowest BCUT2D eigenvalue weighted by Crippen LogP contribution is -2.45. The Hall–Kier alpha value is -2.83. The number of carbonyl (C=O) groups excluding carboxylic acids is 1. The predicted molar refractivity (Wildman–Crippen MR) is 131 cm³/mol. The van der Waals surface area contributed by atoms with Gasteiger partial charge in [0.15, 0.2) is 4.34 Å². The number of anilines is 2. The van der Waals surface area contributed by atoms with E-state index in [1.165, 1.54) is 50.3 Å². The van der Waals surface area contributed by atoms with Crippen LogP contribution in [0, 0.1) is 0 Å². The van der Waals surface area contributed by atoms with Crippen LogP contribution in [0.4, 0.5) is 10.8 Å². The van der Waals surface area contributed by atoms with E-state index in [4.69, 9.17) is 9.47 Å². The monoisotopic (exact) mass is 508 g/mol. The molecule has 1 aromatic heterocycles. The highest BCUT2D eigenvalue weighted by atomic mass is 32.2. The van der Waals surface area contributed by atoms with Gasteiger partial charge in [-0.25, -0.2) is 8.42 Å². The maximum atomic E-state index is 13.0. The van der Waals surface area contributed by atoms with Crippen LogP contribution in [0.25, 0.3) is 0 Å². The minimum absolute atomic E-state index is 0.193. The van der Waals surface area contributed by atoms with E-state index in [2.05, 4.69) is 15.5 Å².